The van der Waals surface area contributed by atoms with Crippen LogP contribution in [-0.2, 0) is 13.0 Å². The fraction of sp³-hybridized carbons (Fsp3) is 0.214. The second-order valence-electron chi connectivity index (χ2n) is 4.18. The maximum Gasteiger partial charge on any atom is 0.198 e. The van der Waals surface area contributed by atoms with Crippen LogP contribution in [0.3, 0.4) is 0 Å². The van der Waals surface area contributed by atoms with Crippen molar-refractivity contribution >= 4 is 46.3 Å². The van der Waals surface area contributed by atoms with Gasteiger partial charge in [-0.3, -0.25) is 4.57 Å². The third-order valence-corrected chi connectivity index (χ3v) is 3.19. The van der Waals surface area contributed by atoms with Gasteiger partial charge in [-0.15, -0.1) is 18.8 Å². The molecule has 3 aromatic rings. The van der Waals surface area contributed by atoms with E-state index in [2.05, 4.69) is 20.9 Å². The van der Waals surface area contributed by atoms with Gasteiger partial charge in [0.25, 0.3) is 0 Å². The molecule has 0 aliphatic rings. The first kappa shape index (κ1) is 14.6. The van der Waals surface area contributed by atoms with Crippen molar-refractivity contribution in [3.8, 4) is 12.3 Å². The summed E-state index contributed by atoms with van der Waals surface area (Å²) in [5, 5.41) is 0.639. The molecule has 3 rings (SSSR count). The maximum atomic E-state index is 5.96. The number of imidazole rings is 1. The molecule has 0 atom stereocenters. The summed E-state index contributed by atoms with van der Waals surface area (Å²) in [6.45, 7) is 2.48. The van der Waals surface area contributed by atoms with Gasteiger partial charge in [-0.2, -0.15) is 0 Å². The predicted molar refractivity (Wildman–Crippen MR) is 83.3 cm³/mol. The molecule has 1 aromatic carbocycles. The molecule has 4 nitrogen and oxygen atoms in total. The van der Waals surface area contributed by atoms with Crippen LogP contribution >= 0.6 is 24.0 Å². The number of hydrogen-bond donors (Lipinski definition) is 0. The Morgan fingerprint density at radius 2 is 2.05 bits per heavy atom. The summed E-state index contributed by atoms with van der Waals surface area (Å²) in [6, 6.07) is 5.44. The Kier molecular flexibility index (Phi) is 4.12. The van der Waals surface area contributed by atoms with Gasteiger partial charge < -0.3 is 0 Å². The van der Waals surface area contributed by atoms with Crippen LogP contribution in [0.25, 0.3) is 22.3 Å². The summed E-state index contributed by atoms with van der Waals surface area (Å²) in [7, 11) is 0. The number of fused-ring (bicyclic) bond motifs is 2. The Balaban J connectivity index is 0.00000147. The van der Waals surface area contributed by atoms with E-state index < -0.39 is 0 Å². The van der Waals surface area contributed by atoms with Crippen molar-refractivity contribution in [3.05, 3.63) is 29.0 Å². The van der Waals surface area contributed by atoms with Crippen molar-refractivity contribution in [2.45, 2.75) is 19.9 Å². The molecule has 2 aromatic heterocycles. The van der Waals surface area contributed by atoms with E-state index in [1.54, 1.807) is 12.1 Å². The van der Waals surface area contributed by atoms with Crippen molar-refractivity contribution in [1.82, 2.24) is 19.5 Å². The summed E-state index contributed by atoms with van der Waals surface area (Å²) >= 11 is 5.96. The van der Waals surface area contributed by atoms with E-state index in [0.29, 0.717) is 17.2 Å². The van der Waals surface area contributed by atoms with Crippen LogP contribution < -0.4 is 0 Å². The van der Waals surface area contributed by atoms with Gasteiger partial charge in [-0.05, 0) is 18.2 Å². The van der Waals surface area contributed by atoms with Crippen LogP contribution in [0.2, 0.25) is 5.02 Å². The Morgan fingerprint density at radius 3 is 2.75 bits per heavy atom. The van der Waals surface area contributed by atoms with Crippen molar-refractivity contribution in [1.29, 1.82) is 0 Å². The first-order valence-corrected chi connectivity index (χ1v) is 6.36. The molecule has 0 aliphatic heterocycles. The minimum atomic E-state index is 0. The molecule has 0 fully saturated rings. The summed E-state index contributed by atoms with van der Waals surface area (Å²) in [4.78, 5) is 13.6. The minimum absolute atomic E-state index is 0. The molecule has 0 amide bonds. The van der Waals surface area contributed by atoms with Gasteiger partial charge in [-0.1, -0.05) is 24.4 Å². The van der Waals surface area contributed by atoms with Gasteiger partial charge in [0.2, 0.25) is 0 Å². The largest absolute Gasteiger partial charge is 0.299 e. The standard InChI is InChI=1S/C14H11ClN4.ClH/c1-3-7-19-12(4-2)18-13-14(19)17-10-6-5-9(15)8-11(10)16-13;/h1,5-6,8H,4,7H2,2H3;1H. The fourth-order valence-corrected chi connectivity index (χ4v) is 2.26. The molecule has 0 saturated carbocycles. The second kappa shape index (κ2) is 5.66. The van der Waals surface area contributed by atoms with Gasteiger partial charge in [0.1, 0.15) is 5.82 Å². The van der Waals surface area contributed by atoms with Crippen molar-refractivity contribution < 1.29 is 0 Å². The van der Waals surface area contributed by atoms with Crippen LogP contribution in [0.5, 0.6) is 0 Å². The fourth-order valence-electron chi connectivity index (χ4n) is 2.10. The first-order chi connectivity index (χ1) is 9.22. The smallest absolute Gasteiger partial charge is 0.198 e. The zero-order valence-corrected chi connectivity index (χ0v) is 12.4. The highest BCUT2D eigenvalue weighted by Gasteiger charge is 2.12. The number of nitrogens with zero attached hydrogens (tertiary/aromatic N) is 4. The zero-order valence-electron chi connectivity index (χ0n) is 10.8. The third kappa shape index (κ3) is 2.31. The van der Waals surface area contributed by atoms with Gasteiger partial charge in [0.15, 0.2) is 11.3 Å². The molecule has 0 aliphatic carbocycles. The lowest BCUT2D eigenvalue weighted by Crippen LogP contribution is -2.02. The summed E-state index contributed by atoms with van der Waals surface area (Å²) in [6.07, 6.45) is 6.19. The molecule has 2 heterocycles. The average molecular weight is 307 g/mol. The van der Waals surface area contributed by atoms with E-state index in [1.807, 2.05) is 17.6 Å². The molecule has 0 spiro atoms. The molecule has 0 saturated heterocycles. The van der Waals surface area contributed by atoms with Gasteiger partial charge in [-0.25, -0.2) is 15.0 Å². The maximum absolute atomic E-state index is 5.96. The number of rotatable bonds is 2. The number of halogens is 2. The molecule has 102 valence electrons. The molecule has 0 radical (unpaired) electrons. The quantitative estimate of drug-likeness (QED) is 0.683. The Bertz CT molecular complexity index is 817. The third-order valence-electron chi connectivity index (χ3n) is 2.96. The lowest BCUT2D eigenvalue weighted by Gasteiger charge is -2.02. The minimum Gasteiger partial charge on any atom is -0.299 e. The van der Waals surface area contributed by atoms with E-state index >= 15 is 0 Å². The van der Waals surface area contributed by atoms with Crippen molar-refractivity contribution in [2.75, 3.05) is 0 Å². The van der Waals surface area contributed by atoms with Crippen LogP contribution in [0, 0.1) is 12.3 Å². The predicted octanol–water partition coefficient (Wildman–Crippen LogP) is 3.25. The Morgan fingerprint density at radius 1 is 1.25 bits per heavy atom. The number of hydrogen-bond acceptors (Lipinski definition) is 3. The monoisotopic (exact) mass is 306 g/mol. The lowest BCUT2D eigenvalue weighted by atomic mass is 10.3. The molecule has 6 heteroatoms. The Labute approximate surface area is 127 Å². The molecule has 0 N–H and O–H groups in total. The van der Waals surface area contributed by atoms with E-state index in [4.69, 9.17) is 18.0 Å². The topological polar surface area (TPSA) is 43.6 Å². The van der Waals surface area contributed by atoms with Crippen molar-refractivity contribution in [3.63, 3.8) is 0 Å². The van der Waals surface area contributed by atoms with Gasteiger partial charge in [0.05, 0.1) is 17.6 Å². The van der Waals surface area contributed by atoms with E-state index in [1.165, 1.54) is 0 Å². The van der Waals surface area contributed by atoms with Crippen molar-refractivity contribution in [2.24, 2.45) is 0 Å². The number of terminal acetylenes is 1. The molecular formula is C14H12Cl2N4. The zero-order chi connectivity index (χ0) is 13.4. The van der Waals surface area contributed by atoms with E-state index in [9.17, 15) is 0 Å². The van der Waals surface area contributed by atoms with Crippen LogP contribution in [0.4, 0.5) is 0 Å². The normalized spacial score (nSPS) is 10.4. The van der Waals surface area contributed by atoms with Crippen LogP contribution in [0.1, 0.15) is 12.7 Å². The second-order valence-corrected chi connectivity index (χ2v) is 4.61. The SMILES string of the molecule is C#CCn1c(CC)nc2nc3cc(Cl)ccc3nc21.Cl. The number of benzene rings is 1. The highest BCUT2D eigenvalue weighted by molar-refractivity contribution is 6.31. The average Bonchev–Trinajstić information content (AvgIpc) is 2.74. The first-order valence-electron chi connectivity index (χ1n) is 5.98. The highest BCUT2D eigenvalue weighted by atomic mass is 35.5. The van der Waals surface area contributed by atoms with Crippen LogP contribution in [-0.4, -0.2) is 19.5 Å². The van der Waals surface area contributed by atoms with Crippen LogP contribution in [0.15, 0.2) is 18.2 Å². The summed E-state index contributed by atoms with van der Waals surface area (Å²) in [5.74, 6) is 3.53. The van der Waals surface area contributed by atoms with E-state index in [0.717, 1.165) is 28.9 Å². The Hall–Kier alpha value is -1.83. The molecule has 0 unspecified atom stereocenters. The molecular weight excluding hydrogens is 295 g/mol. The molecule has 0 bridgehead atoms. The number of aryl methyl sites for hydroxylation is 1. The number of aromatic nitrogens is 4. The van der Waals surface area contributed by atoms with Gasteiger partial charge >= 0.3 is 0 Å². The lowest BCUT2D eigenvalue weighted by molar-refractivity contribution is 0.776. The van der Waals surface area contributed by atoms with E-state index in [-0.39, 0.29) is 12.4 Å². The molecule has 20 heavy (non-hydrogen) atoms. The summed E-state index contributed by atoms with van der Waals surface area (Å²) in [5.41, 5.74) is 2.87. The van der Waals surface area contributed by atoms with Gasteiger partial charge in [0, 0.05) is 11.4 Å². The highest BCUT2D eigenvalue weighted by Crippen LogP contribution is 2.20. The summed E-state index contributed by atoms with van der Waals surface area (Å²) < 4.78 is 1.93.